The molecule has 0 aliphatic carbocycles. The number of nitrogens with zero attached hydrogens (tertiary/aromatic N) is 2. The second-order valence-electron chi connectivity index (χ2n) is 6.49. The van der Waals surface area contributed by atoms with Crippen LogP contribution in [0, 0.1) is 0 Å². The molecule has 0 spiro atoms. The van der Waals surface area contributed by atoms with Crippen molar-refractivity contribution in [3.63, 3.8) is 0 Å². The van der Waals surface area contributed by atoms with E-state index in [2.05, 4.69) is 18.7 Å². The van der Waals surface area contributed by atoms with E-state index in [1.165, 1.54) is 0 Å². The van der Waals surface area contributed by atoms with E-state index in [-0.39, 0.29) is 11.4 Å². The van der Waals surface area contributed by atoms with Crippen molar-refractivity contribution in [3.05, 3.63) is 29.8 Å². The van der Waals surface area contributed by atoms with E-state index >= 15 is 0 Å². The quantitative estimate of drug-likeness (QED) is 0.919. The number of β-amino-alcohol motifs (C(OH)–C–C–N with tert-alkyl or cyclic N) is 1. The van der Waals surface area contributed by atoms with Crippen LogP contribution in [0.25, 0.3) is 0 Å². The van der Waals surface area contributed by atoms with Crippen molar-refractivity contribution in [2.24, 2.45) is 0 Å². The number of ether oxygens (including phenoxy) is 1. The SMILES string of the molecule is COc1cccc(C(O)CN2CCN(C(C)=O)CC2(C)C)c1. The third-order valence-corrected chi connectivity index (χ3v) is 4.39. The molecule has 1 saturated heterocycles. The zero-order chi connectivity index (χ0) is 16.3. The molecule has 122 valence electrons. The number of methoxy groups -OCH3 is 1. The zero-order valence-corrected chi connectivity index (χ0v) is 13.9. The Morgan fingerprint density at radius 2 is 2.14 bits per heavy atom. The third kappa shape index (κ3) is 3.78. The van der Waals surface area contributed by atoms with Gasteiger partial charge in [0.05, 0.1) is 13.2 Å². The van der Waals surface area contributed by atoms with Gasteiger partial charge in [0.25, 0.3) is 0 Å². The second-order valence-corrected chi connectivity index (χ2v) is 6.49. The summed E-state index contributed by atoms with van der Waals surface area (Å²) in [6.07, 6.45) is -0.571. The van der Waals surface area contributed by atoms with Gasteiger partial charge in [-0.2, -0.15) is 0 Å². The molecule has 1 aromatic carbocycles. The van der Waals surface area contributed by atoms with Gasteiger partial charge in [-0.3, -0.25) is 9.69 Å². The number of carbonyl (C=O) groups is 1. The summed E-state index contributed by atoms with van der Waals surface area (Å²) >= 11 is 0. The maximum Gasteiger partial charge on any atom is 0.219 e. The van der Waals surface area contributed by atoms with Gasteiger partial charge in [-0.1, -0.05) is 12.1 Å². The van der Waals surface area contributed by atoms with Crippen LogP contribution in [-0.2, 0) is 4.79 Å². The summed E-state index contributed by atoms with van der Waals surface area (Å²) in [4.78, 5) is 15.7. The molecule has 1 fully saturated rings. The lowest BCUT2D eigenvalue weighted by atomic mass is 9.97. The molecule has 1 heterocycles. The van der Waals surface area contributed by atoms with Crippen molar-refractivity contribution in [2.75, 3.05) is 33.3 Å². The number of rotatable bonds is 4. The van der Waals surface area contributed by atoms with Crippen LogP contribution in [0.2, 0.25) is 0 Å². The highest BCUT2D eigenvalue weighted by atomic mass is 16.5. The molecule has 2 rings (SSSR count). The molecule has 1 aliphatic heterocycles. The van der Waals surface area contributed by atoms with Crippen LogP contribution in [0.15, 0.2) is 24.3 Å². The van der Waals surface area contributed by atoms with Gasteiger partial charge in [0.15, 0.2) is 0 Å². The minimum absolute atomic E-state index is 0.112. The molecular formula is C17H26N2O3. The Morgan fingerprint density at radius 1 is 1.41 bits per heavy atom. The van der Waals surface area contributed by atoms with Crippen LogP contribution < -0.4 is 4.74 Å². The molecule has 0 radical (unpaired) electrons. The van der Waals surface area contributed by atoms with Gasteiger partial charge in [-0.15, -0.1) is 0 Å². The van der Waals surface area contributed by atoms with Gasteiger partial charge in [0.1, 0.15) is 5.75 Å². The number of hydrogen-bond acceptors (Lipinski definition) is 4. The van der Waals surface area contributed by atoms with Crippen molar-refractivity contribution in [1.82, 2.24) is 9.80 Å². The van der Waals surface area contributed by atoms with E-state index in [4.69, 9.17) is 4.74 Å². The predicted molar refractivity (Wildman–Crippen MR) is 85.9 cm³/mol. The summed E-state index contributed by atoms with van der Waals surface area (Å²) in [5.74, 6) is 0.860. The Labute approximate surface area is 132 Å². The highest BCUT2D eigenvalue weighted by Gasteiger charge is 2.35. The van der Waals surface area contributed by atoms with Crippen LogP contribution in [0.5, 0.6) is 5.75 Å². The maximum absolute atomic E-state index is 11.6. The van der Waals surface area contributed by atoms with Gasteiger partial charge in [-0.25, -0.2) is 0 Å². The third-order valence-electron chi connectivity index (χ3n) is 4.39. The Morgan fingerprint density at radius 3 is 2.73 bits per heavy atom. The van der Waals surface area contributed by atoms with Crippen LogP contribution >= 0.6 is 0 Å². The normalized spacial score (nSPS) is 19.8. The molecule has 0 bridgehead atoms. The first kappa shape index (κ1) is 16.8. The fourth-order valence-electron chi connectivity index (χ4n) is 2.96. The summed E-state index contributed by atoms with van der Waals surface area (Å²) in [6.45, 7) is 8.55. The minimum atomic E-state index is -0.571. The summed E-state index contributed by atoms with van der Waals surface area (Å²) in [7, 11) is 1.62. The van der Waals surface area contributed by atoms with Crippen molar-refractivity contribution in [2.45, 2.75) is 32.4 Å². The predicted octanol–water partition coefficient (Wildman–Crippen LogP) is 1.67. The summed E-state index contributed by atoms with van der Waals surface area (Å²) < 4.78 is 5.21. The number of benzene rings is 1. The standard InChI is InChI=1S/C17H26N2O3/c1-13(20)18-8-9-19(17(2,3)12-18)11-16(21)14-6-5-7-15(10-14)22-4/h5-7,10,16,21H,8-9,11-12H2,1-4H3. The summed E-state index contributed by atoms with van der Waals surface area (Å²) in [5, 5.41) is 10.5. The average molecular weight is 306 g/mol. The van der Waals surface area contributed by atoms with E-state index in [0.717, 1.165) is 17.9 Å². The second kappa shape index (κ2) is 6.67. The number of piperazine rings is 1. The van der Waals surface area contributed by atoms with Crippen molar-refractivity contribution in [1.29, 1.82) is 0 Å². The Bertz CT molecular complexity index is 530. The molecule has 1 atom stereocenters. The minimum Gasteiger partial charge on any atom is -0.497 e. The zero-order valence-electron chi connectivity index (χ0n) is 13.9. The monoisotopic (exact) mass is 306 g/mol. The lowest BCUT2D eigenvalue weighted by Crippen LogP contribution is -2.60. The maximum atomic E-state index is 11.6. The fourth-order valence-corrected chi connectivity index (χ4v) is 2.96. The number of aliphatic hydroxyl groups excluding tert-OH is 1. The first-order chi connectivity index (χ1) is 10.3. The van der Waals surface area contributed by atoms with Crippen LogP contribution in [0.3, 0.4) is 0 Å². The molecule has 22 heavy (non-hydrogen) atoms. The number of aliphatic hydroxyl groups is 1. The van der Waals surface area contributed by atoms with Crippen molar-refractivity contribution >= 4 is 5.91 Å². The summed E-state index contributed by atoms with van der Waals surface area (Å²) in [5.41, 5.74) is 0.702. The van der Waals surface area contributed by atoms with Crippen molar-refractivity contribution in [3.8, 4) is 5.75 Å². The Hall–Kier alpha value is -1.59. The van der Waals surface area contributed by atoms with Gasteiger partial charge < -0.3 is 14.7 Å². The van der Waals surface area contributed by atoms with E-state index in [9.17, 15) is 9.90 Å². The lowest BCUT2D eigenvalue weighted by Gasteiger charge is -2.47. The molecule has 1 amide bonds. The molecule has 5 heteroatoms. The molecule has 0 saturated carbocycles. The Balaban J connectivity index is 2.04. The molecule has 1 unspecified atom stereocenters. The smallest absolute Gasteiger partial charge is 0.219 e. The lowest BCUT2D eigenvalue weighted by molar-refractivity contribution is -0.134. The van der Waals surface area contributed by atoms with Crippen LogP contribution in [0.1, 0.15) is 32.4 Å². The largest absolute Gasteiger partial charge is 0.497 e. The fraction of sp³-hybridized carbons (Fsp3) is 0.588. The molecule has 5 nitrogen and oxygen atoms in total. The molecular weight excluding hydrogens is 280 g/mol. The topological polar surface area (TPSA) is 53.0 Å². The van der Waals surface area contributed by atoms with Gasteiger partial charge >= 0.3 is 0 Å². The molecule has 0 aromatic heterocycles. The van der Waals surface area contributed by atoms with Gasteiger partial charge in [-0.05, 0) is 31.5 Å². The van der Waals surface area contributed by atoms with Gasteiger partial charge in [0.2, 0.25) is 5.91 Å². The van der Waals surface area contributed by atoms with E-state index in [0.29, 0.717) is 19.6 Å². The summed E-state index contributed by atoms with van der Waals surface area (Å²) in [6, 6.07) is 7.53. The molecule has 1 aromatic rings. The van der Waals surface area contributed by atoms with E-state index in [1.807, 2.05) is 29.2 Å². The highest BCUT2D eigenvalue weighted by molar-refractivity contribution is 5.73. The highest BCUT2D eigenvalue weighted by Crippen LogP contribution is 2.26. The average Bonchev–Trinajstić information content (AvgIpc) is 2.48. The number of amides is 1. The number of carbonyl (C=O) groups excluding carboxylic acids is 1. The Kier molecular flexibility index (Phi) is 5.08. The molecule has 1 N–H and O–H groups in total. The number of hydrogen-bond donors (Lipinski definition) is 1. The van der Waals surface area contributed by atoms with Crippen molar-refractivity contribution < 1.29 is 14.6 Å². The van der Waals surface area contributed by atoms with E-state index in [1.54, 1.807) is 14.0 Å². The first-order valence-electron chi connectivity index (χ1n) is 7.66. The van der Waals surface area contributed by atoms with Crippen LogP contribution in [-0.4, -0.2) is 59.6 Å². The molecule has 1 aliphatic rings. The van der Waals surface area contributed by atoms with Crippen LogP contribution in [0.4, 0.5) is 0 Å². The first-order valence-corrected chi connectivity index (χ1v) is 7.66. The van der Waals surface area contributed by atoms with E-state index < -0.39 is 6.10 Å². The van der Waals surface area contributed by atoms with Gasteiger partial charge in [0, 0.05) is 38.6 Å².